The summed E-state index contributed by atoms with van der Waals surface area (Å²) in [5.41, 5.74) is 0.597. The molecule has 12 heavy (non-hydrogen) atoms. The number of allylic oxidation sites excluding steroid dienone is 1. The molecule has 0 unspecified atom stereocenters. The molecule has 1 rings (SSSR count). The molecule has 0 aromatic carbocycles. The van der Waals surface area contributed by atoms with Crippen LogP contribution in [0.15, 0.2) is 12.7 Å². The number of hydrogen-bond acceptors (Lipinski definition) is 1. The van der Waals surface area contributed by atoms with Gasteiger partial charge in [0.1, 0.15) is 0 Å². The minimum atomic E-state index is 0. The van der Waals surface area contributed by atoms with Crippen molar-refractivity contribution in [2.45, 2.75) is 32.6 Å². The summed E-state index contributed by atoms with van der Waals surface area (Å²) in [5.74, 6) is 0. The van der Waals surface area contributed by atoms with E-state index < -0.39 is 0 Å². The Bertz CT molecular complexity index is 128. The molecule has 0 spiro atoms. The molecule has 1 nitrogen and oxygen atoms in total. The van der Waals surface area contributed by atoms with Crippen LogP contribution in [0.3, 0.4) is 0 Å². The number of nitrogens with one attached hydrogen (secondary N) is 1. The maximum Gasteiger partial charge on any atom is -0.00437 e. The molecular formula is C10H20ClN. The molecule has 0 aromatic rings. The minimum Gasteiger partial charge on any atom is -0.317 e. The van der Waals surface area contributed by atoms with Gasteiger partial charge >= 0.3 is 0 Å². The van der Waals surface area contributed by atoms with Crippen molar-refractivity contribution in [2.24, 2.45) is 5.41 Å². The van der Waals surface area contributed by atoms with Gasteiger partial charge in [0.15, 0.2) is 0 Å². The van der Waals surface area contributed by atoms with Crippen molar-refractivity contribution in [3.05, 3.63) is 12.7 Å². The third kappa shape index (κ3) is 3.59. The Kier molecular flexibility index (Phi) is 5.60. The number of hydrogen-bond donors (Lipinski definition) is 1. The zero-order valence-electron chi connectivity index (χ0n) is 7.94. The Morgan fingerprint density at radius 2 is 2.00 bits per heavy atom. The smallest absolute Gasteiger partial charge is 0.00437 e. The van der Waals surface area contributed by atoms with E-state index in [1.807, 2.05) is 6.08 Å². The lowest BCUT2D eigenvalue weighted by molar-refractivity contribution is 0.213. The van der Waals surface area contributed by atoms with Gasteiger partial charge in [-0.15, -0.1) is 19.0 Å². The summed E-state index contributed by atoms with van der Waals surface area (Å²) in [6.45, 7) is 8.56. The van der Waals surface area contributed by atoms with Gasteiger partial charge in [-0.25, -0.2) is 0 Å². The van der Waals surface area contributed by atoms with Crippen LogP contribution >= 0.6 is 12.4 Å². The highest BCUT2D eigenvalue weighted by molar-refractivity contribution is 5.85. The van der Waals surface area contributed by atoms with E-state index in [-0.39, 0.29) is 12.4 Å². The molecule has 1 aliphatic rings. The van der Waals surface area contributed by atoms with Crippen LogP contribution in [0.2, 0.25) is 0 Å². The number of rotatable bonds is 3. The molecule has 0 aromatic heterocycles. The molecule has 0 atom stereocenters. The number of piperidine rings is 1. The molecule has 0 saturated carbocycles. The van der Waals surface area contributed by atoms with Crippen molar-refractivity contribution in [3.8, 4) is 0 Å². The molecule has 0 bridgehead atoms. The molecule has 1 aliphatic heterocycles. The first-order valence-corrected chi connectivity index (χ1v) is 4.58. The van der Waals surface area contributed by atoms with Gasteiger partial charge in [-0.2, -0.15) is 0 Å². The van der Waals surface area contributed by atoms with E-state index in [1.54, 1.807) is 0 Å². The Balaban J connectivity index is 0.00000121. The lowest BCUT2D eigenvalue weighted by Crippen LogP contribution is -2.34. The van der Waals surface area contributed by atoms with Gasteiger partial charge in [0.2, 0.25) is 0 Å². The summed E-state index contributed by atoms with van der Waals surface area (Å²) >= 11 is 0. The van der Waals surface area contributed by atoms with E-state index in [0.29, 0.717) is 5.41 Å². The van der Waals surface area contributed by atoms with Crippen molar-refractivity contribution >= 4 is 12.4 Å². The lowest BCUT2D eigenvalue weighted by atomic mass is 9.77. The average molecular weight is 190 g/mol. The second-order valence-corrected chi connectivity index (χ2v) is 3.89. The van der Waals surface area contributed by atoms with Gasteiger partial charge in [-0.3, -0.25) is 0 Å². The largest absolute Gasteiger partial charge is 0.317 e. The van der Waals surface area contributed by atoms with Gasteiger partial charge in [-0.1, -0.05) is 13.0 Å². The van der Waals surface area contributed by atoms with Gasteiger partial charge in [0.05, 0.1) is 0 Å². The van der Waals surface area contributed by atoms with E-state index >= 15 is 0 Å². The molecule has 1 saturated heterocycles. The molecule has 0 amide bonds. The molecule has 72 valence electrons. The van der Waals surface area contributed by atoms with Crippen LogP contribution in [-0.2, 0) is 0 Å². The van der Waals surface area contributed by atoms with Crippen LogP contribution in [0.4, 0.5) is 0 Å². The first kappa shape index (κ1) is 12.0. The Hall–Kier alpha value is -0.0100. The van der Waals surface area contributed by atoms with Crippen LogP contribution in [0.1, 0.15) is 32.6 Å². The van der Waals surface area contributed by atoms with Gasteiger partial charge in [0.25, 0.3) is 0 Å². The molecule has 0 radical (unpaired) electrons. The van der Waals surface area contributed by atoms with Crippen LogP contribution in [0.5, 0.6) is 0 Å². The zero-order valence-corrected chi connectivity index (χ0v) is 8.75. The molecule has 1 N–H and O–H groups in total. The van der Waals surface area contributed by atoms with Crippen molar-refractivity contribution < 1.29 is 0 Å². The van der Waals surface area contributed by atoms with E-state index in [1.165, 1.54) is 38.8 Å². The molecule has 2 heteroatoms. The highest BCUT2D eigenvalue weighted by Crippen LogP contribution is 2.32. The Labute approximate surface area is 82.0 Å². The van der Waals surface area contributed by atoms with E-state index in [9.17, 15) is 0 Å². The SMILES string of the molecule is C=CCCC1(C)CCNCC1.Cl. The van der Waals surface area contributed by atoms with Crippen molar-refractivity contribution in [1.29, 1.82) is 0 Å². The summed E-state index contributed by atoms with van der Waals surface area (Å²) in [6, 6.07) is 0. The lowest BCUT2D eigenvalue weighted by Gasteiger charge is -2.33. The maximum absolute atomic E-state index is 3.76. The fraction of sp³-hybridized carbons (Fsp3) is 0.800. The first-order chi connectivity index (χ1) is 5.27. The van der Waals surface area contributed by atoms with Crippen LogP contribution in [0, 0.1) is 5.41 Å². The summed E-state index contributed by atoms with van der Waals surface area (Å²) in [5, 5.41) is 3.39. The zero-order chi connectivity index (χ0) is 8.16. The summed E-state index contributed by atoms with van der Waals surface area (Å²) in [4.78, 5) is 0. The quantitative estimate of drug-likeness (QED) is 0.674. The minimum absolute atomic E-state index is 0. The first-order valence-electron chi connectivity index (χ1n) is 4.58. The highest BCUT2D eigenvalue weighted by atomic mass is 35.5. The standard InChI is InChI=1S/C10H19N.ClH/c1-3-4-5-10(2)6-8-11-9-7-10;/h3,11H,1,4-9H2,2H3;1H. The monoisotopic (exact) mass is 189 g/mol. The van der Waals surface area contributed by atoms with Crippen LogP contribution in [0.25, 0.3) is 0 Å². The second-order valence-electron chi connectivity index (χ2n) is 3.89. The van der Waals surface area contributed by atoms with Crippen LogP contribution < -0.4 is 5.32 Å². The van der Waals surface area contributed by atoms with E-state index in [2.05, 4.69) is 18.8 Å². The maximum atomic E-state index is 3.76. The molecule has 1 heterocycles. The summed E-state index contributed by atoms with van der Waals surface area (Å²) in [7, 11) is 0. The van der Waals surface area contributed by atoms with Gasteiger partial charge < -0.3 is 5.32 Å². The third-order valence-electron chi connectivity index (χ3n) is 2.76. The van der Waals surface area contributed by atoms with Crippen molar-refractivity contribution in [1.82, 2.24) is 5.32 Å². The topological polar surface area (TPSA) is 12.0 Å². The van der Waals surface area contributed by atoms with E-state index in [0.717, 1.165) is 0 Å². The van der Waals surface area contributed by atoms with Crippen molar-refractivity contribution in [3.63, 3.8) is 0 Å². The number of halogens is 1. The third-order valence-corrected chi connectivity index (χ3v) is 2.76. The fourth-order valence-corrected chi connectivity index (χ4v) is 1.73. The van der Waals surface area contributed by atoms with Crippen molar-refractivity contribution in [2.75, 3.05) is 13.1 Å². The van der Waals surface area contributed by atoms with Crippen LogP contribution in [-0.4, -0.2) is 13.1 Å². The Morgan fingerprint density at radius 1 is 1.42 bits per heavy atom. The van der Waals surface area contributed by atoms with E-state index in [4.69, 9.17) is 0 Å². The summed E-state index contributed by atoms with van der Waals surface area (Å²) in [6.07, 6.45) is 7.20. The predicted molar refractivity (Wildman–Crippen MR) is 56.9 cm³/mol. The molecule has 1 fully saturated rings. The predicted octanol–water partition coefficient (Wildman–Crippen LogP) is 2.76. The Morgan fingerprint density at radius 3 is 2.50 bits per heavy atom. The summed E-state index contributed by atoms with van der Waals surface area (Å²) < 4.78 is 0. The fourth-order valence-electron chi connectivity index (χ4n) is 1.73. The normalized spacial score (nSPS) is 21.1. The average Bonchev–Trinajstić information content (AvgIpc) is 2.03. The van der Waals surface area contributed by atoms with Gasteiger partial charge in [0, 0.05) is 0 Å². The second kappa shape index (κ2) is 5.60. The van der Waals surface area contributed by atoms with Gasteiger partial charge in [-0.05, 0) is 44.2 Å². The molecule has 0 aliphatic carbocycles. The molecular weight excluding hydrogens is 170 g/mol. The highest BCUT2D eigenvalue weighted by Gasteiger charge is 2.25.